The second kappa shape index (κ2) is 12.2. The largest absolute Gasteiger partial charge is 0.497 e. The predicted molar refractivity (Wildman–Crippen MR) is 127 cm³/mol. The van der Waals surface area contributed by atoms with E-state index in [1.54, 1.807) is 32.4 Å². The predicted octanol–water partition coefficient (Wildman–Crippen LogP) is 2.54. The maximum Gasteiger partial charge on any atom is 0.255 e. The molecule has 2 heterocycles. The van der Waals surface area contributed by atoms with Crippen LogP contribution in [-0.2, 0) is 4.79 Å². The van der Waals surface area contributed by atoms with Crippen LogP contribution in [0.25, 0.3) is 0 Å². The van der Waals surface area contributed by atoms with Crippen molar-refractivity contribution in [2.24, 2.45) is 5.73 Å². The van der Waals surface area contributed by atoms with Gasteiger partial charge < -0.3 is 25.4 Å². The van der Waals surface area contributed by atoms with Crippen molar-refractivity contribution < 1.29 is 19.1 Å². The van der Waals surface area contributed by atoms with Gasteiger partial charge in [0.15, 0.2) is 5.82 Å². The lowest BCUT2D eigenvalue weighted by molar-refractivity contribution is -0.124. The molecular weight excluding hydrogens is 422 g/mol. The van der Waals surface area contributed by atoms with E-state index in [1.165, 1.54) is 6.08 Å². The Labute approximate surface area is 194 Å². The summed E-state index contributed by atoms with van der Waals surface area (Å²) in [6, 6.07) is 5.39. The molecule has 2 aromatic rings. The highest BCUT2D eigenvalue weighted by Crippen LogP contribution is 2.22. The number of aromatic nitrogens is 2. The second-order valence-electron chi connectivity index (χ2n) is 7.57. The number of hydrogen-bond donors (Lipinski definition) is 3. The molecule has 1 aliphatic rings. The van der Waals surface area contributed by atoms with Gasteiger partial charge in [-0.3, -0.25) is 14.7 Å². The lowest BCUT2D eigenvalue weighted by Crippen LogP contribution is -2.25. The van der Waals surface area contributed by atoms with Crippen molar-refractivity contribution in [1.29, 1.82) is 0 Å². The van der Waals surface area contributed by atoms with Gasteiger partial charge in [0.05, 0.1) is 14.2 Å². The zero-order chi connectivity index (χ0) is 24.4. The van der Waals surface area contributed by atoms with Crippen LogP contribution in [0, 0.1) is 11.8 Å². The van der Waals surface area contributed by atoms with Gasteiger partial charge in [0, 0.05) is 30.8 Å². The molecule has 176 valence electrons. The minimum Gasteiger partial charge on any atom is -0.497 e. The van der Waals surface area contributed by atoms with E-state index in [4.69, 9.17) is 15.2 Å². The first-order chi connectivity index (χ1) is 15.8. The van der Waals surface area contributed by atoms with Crippen LogP contribution in [0.4, 0.5) is 5.82 Å². The summed E-state index contributed by atoms with van der Waals surface area (Å²) in [5.41, 5.74) is 6.72. The van der Waals surface area contributed by atoms with Gasteiger partial charge in [-0.2, -0.15) is 5.10 Å². The van der Waals surface area contributed by atoms with Gasteiger partial charge in [-0.25, -0.2) is 0 Å². The third kappa shape index (κ3) is 7.31. The lowest BCUT2D eigenvalue weighted by atomic mass is 10.1. The number of methoxy groups -OCH3 is 2. The van der Waals surface area contributed by atoms with Crippen LogP contribution < -0.4 is 20.5 Å². The number of hydrogen-bond acceptors (Lipinski definition) is 6. The molecule has 0 radical (unpaired) electrons. The number of ether oxygens (including phenoxy) is 2. The summed E-state index contributed by atoms with van der Waals surface area (Å²) < 4.78 is 10.4. The summed E-state index contributed by atoms with van der Waals surface area (Å²) in [6.45, 7) is 9.13. The van der Waals surface area contributed by atoms with Gasteiger partial charge in [-0.1, -0.05) is 12.5 Å². The van der Waals surface area contributed by atoms with Crippen LogP contribution >= 0.6 is 0 Å². The molecule has 33 heavy (non-hydrogen) atoms. The molecule has 0 atom stereocenters. The molecular formula is C24H31N5O4. The van der Waals surface area contributed by atoms with E-state index in [0.29, 0.717) is 28.6 Å². The summed E-state index contributed by atoms with van der Waals surface area (Å²) in [6.07, 6.45) is 3.68. The van der Waals surface area contributed by atoms with Gasteiger partial charge in [-0.15, -0.1) is 0 Å². The number of carbonyl (C=O) groups excluding carboxylic acids is 2. The standard InChI is InChI=1S/C17H20N4O3.C7H11NO/c1-10(2)19-17-15(16(18)22)14(20-21-17)6-5-11-7-12(23-3)9-13(8-11)24-4;1-2-7(9)8-5-3-4-6-8/h7-10H,1-4H3,(H2,18,22)(H2,19,20,21);2H,1,3-6H2. The van der Waals surface area contributed by atoms with E-state index in [9.17, 15) is 9.59 Å². The van der Waals surface area contributed by atoms with E-state index in [-0.39, 0.29) is 17.5 Å². The number of likely N-dealkylation sites (tertiary alicyclic amines) is 1. The molecule has 3 rings (SSSR count). The quantitative estimate of drug-likeness (QED) is 0.456. The van der Waals surface area contributed by atoms with Crippen molar-refractivity contribution in [3.63, 3.8) is 0 Å². The highest BCUT2D eigenvalue weighted by Gasteiger charge is 2.17. The Balaban J connectivity index is 0.000000357. The molecule has 4 N–H and O–H groups in total. The monoisotopic (exact) mass is 453 g/mol. The average Bonchev–Trinajstić information content (AvgIpc) is 3.47. The van der Waals surface area contributed by atoms with E-state index in [0.717, 1.165) is 25.9 Å². The Morgan fingerprint density at radius 1 is 1.18 bits per heavy atom. The zero-order valence-corrected chi connectivity index (χ0v) is 19.5. The van der Waals surface area contributed by atoms with Crippen LogP contribution in [0.2, 0.25) is 0 Å². The topological polar surface area (TPSA) is 123 Å². The van der Waals surface area contributed by atoms with E-state index in [1.807, 2.05) is 18.7 Å². The molecule has 1 aromatic carbocycles. The van der Waals surface area contributed by atoms with Gasteiger partial charge >= 0.3 is 0 Å². The number of H-pyrrole nitrogens is 1. The lowest BCUT2D eigenvalue weighted by Gasteiger charge is -2.10. The van der Waals surface area contributed by atoms with E-state index in [2.05, 4.69) is 33.9 Å². The summed E-state index contributed by atoms with van der Waals surface area (Å²) in [5, 5.41) is 9.87. The van der Waals surface area contributed by atoms with Crippen molar-refractivity contribution in [1.82, 2.24) is 15.1 Å². The summed E-state index contributed by atoms with van der Waals surface area (Å²) in [7, 11) is 3.13. The summed E-state index contributed by atoms with van der Waals surface area (Å²) >= 11 is 0. The number of anilines is 1. The smallest absolute Gasteiger partial charge is 0.255 e. The highest BCUT2D eigenvalue weighted by atomic mass is 16.5. The minimum atomic E-state index is -0.598. The number of benzene rings is 1. The van der Waals surface area contributed by atoms with Crippen molar-refractivity contribution in [2.45, 2.75) is 32.7 Å². The number of nitrogens with two attached hydrogens (primary N) is 1. The number of nitrogens with one attached hydrogen (secondary N) is 2. The Morgan fingerprint density at radius 3 is 2.27 bits per heavy atom. The van der Waals surface area contributed by atoms with Gasteiger partial charge in [0.25, 0.3) is 5.91 Å². The van der Waals surface area contributed by atoms with E-state index < -0.39 is 5.91 Å². The second-order valence-corrected chi connectivity index (χ2v) is 7.57. The molecule has 0 unspecified atom stereocenters. The Bertz CT molecular complexity index is 1020. The molecule has 0 aliphatic carbocycles. The fourth-order valence-corrected chi connectivity index (χ4v) is 3.13. The molecule has 1 fully saturated rings. The first-order valence-electron chi connectivity index (χ1n) is 10.6. The van der Waals surface area contributed by atoms with Crippen LogP contribution in [-0.4, -0.2) is 60.3 Å². The molecule has 0 bridgehead atoms. The van der Waals surface area contributed by atoms with Gasteiger partial charge in [0.1, 0.15) is 22.8 Å². The molecule has 2 amide bonds. The third-order valence-corrected chi connectivity index (χ3v) is 4.71. The summed E-state index contributed by atoms with van der Waals surface area (Å²) in [4.78, 5) is 24.4. The van der Waals surface area contributed by atoms with Crippen LogP contribution in [0.3, 0.4) is 0 Å². The normalized spacial score (nSPS) is 12.2. The van der Waals surface area contributed by atoms with Crippen molar-refractivity contribution in [3.8, 4) is 23.3 Å². The molecule has 0 saturated carbocycles. The van der Waals surface area contributed by atoms with E-state index >= 15 is 0 Å². The molecule has 1 aromatic heterocycles. The Morgan fingerprint density at radius 2 is 1.79 bits per heavy atom. The first kappa shape index (κ1) is 25.3. The number of carbonyl (C=O) groups is 2. The number of amides is 2. The maximum absolute atomic E-state index is 11.7. The minimum absolute atomic E-state index is 0.0764. The number of nitrogens with zero attached hydrogens (tertiary/aromatic N) is 2. The summed E-state index contributed by atoms with van der Waals surface area (Å²) in [5.74, 6) is 6.97. The molecule has 9 heteroatoms. The van der Waals surface area contributed by atoms with Gasteiger partial charge in [-0.05, 0) is 50.8 Å². The van der Waals surface area contributed by atoms with Crippen LogP contribution in [0.5, 0.6) is 11.5 Å². The van der Waals surface area contributed by atoms with Crippen LogP contribution in [0.1, 0.15) is 48.3 Å². The fraction of sp³-hybridized carbons (Fsp3) is 0.375. The first-order valence-corrected chi connectivity index (χ1v) is 10.6. The maximum atomic E-state index is 11.7. The number of rotatable bonds is 6. The van der Waals surface area contributed by atoms with Crippen molar-refractivity contribution in [3.05, 3.63) is 47.7 Å². The highest BCUT2D eigenvalue weighted by molar-refractivity contribution is 5.99. The SMILES string of the molecule is C=CC(=O)N1CCCC1.COc1cc(C#Cc2[nH]nc(NC(C)C)c2C(N)=O)cc(OC)c1. The van der Waals surface area contributed by atoms with Gasteiger partial charge in [0.2, 0.25) is 5.91 Å². The molecule has 1 aliphatic heterocycles. The fourth-order valence-electron chi connectivity index (χ4n) is 3.13. The Kier molecular flexibility index (Phi) is 9.36. The van der Waals surface area contributed by atoms with Crippen LogP contribution in [0.15, 0.2) is 30.9 Å². The molecule has 0 spiro atoms. The Hall–Kier alpha value is -3.93. The average molecular weight is 454 g/mol. The molecule has 1 saturated heterocycles. The number of primary amides is 1. The molecule has 9 nitrogen and oxygen atoms in total. The third-order valence-electron chi connectivity index (χ3n) is 4.71. The van der Waals surface area contributed by atoms with Crippen molar-refractivity contribution in [2.75, 3.05) is 32.6 Å². The number of aromatic amines is 1. The zero-order valence-electron chi connectivity index (χ0n) is 19.5. The van der Waals surface area contributed by atoms with Crippen molar-refractivity contribution >= 4 is 17.6 Å².